The number of hydrogen-bond donors (Lipinski definition) is 0. The van der Waals surface area contributed by atoms with Crippen molar-refractivity contribution in [2.75, 3.05) is 0 Å². The smallest absolute Gasteiger partial charge is 0.00708 e. The fourth-order valence-corrected chi connectivity index (χ4v) is 10.9. The zero-order valence-corrected chi connectivity index (χ0v) is 35.1. The van der Waals surface area contributed by atoms with E-state index in [-0.39, 0.29) is 21.7 Å². The lowest BCUT2D eigenvalue weighted by Gasteiger charge is -2.51. The Morgan fingerprint density at radius 3 is 1.44 bits per heavy atom. The van der Waals surface area contributed by atoms with Crippen molar-refractivity contribution in [2.45, 2.75) is 125 Å². The Kier molecular flexibility index (Phi) is 11.8. The Balaban J connectivity index is 1.39. The topological polar surface area (TPSA) is 0 Å². The van der Waals surface area contributed by atoms with Crippen molar-refractivity contribution in [2.24, 2.45) is 27.6 Å². The summed E-state index contributed by atoms with van der Waals surface area (Å²) in [6.45, 7) is 25.5. The largest absolute Gasteiger partial charge is 0.0622 e. The molecule has 0 bridgehead atoms. The molecule has 0 amide bonds. The molecule has 5 aromatic carbocycles. The van der Waals surface area contributed by atoms with Crippen LogP contribution in [0.2, 0.25) is 0 Å². The molecule has 0 aromatic heterocycles. The summed E-state index contributed by atoms with van der Waals surface area (Å²) in [7, 11) is 0. The molecule has 54 heavy (non-hydrogen) atoms. The first kappa shape index (κ1) is 39.8. The molecule has 6 atom stereocenters. The van der Waals surface area contributed by atoms with E-state index >= 15 is 0 Å². The predicted octanol–water partition coefficient (Wildman–Crippen LogP) is 15.4. The Bertz CT molecular complexity index is 1900. The van der Waals surface area contributed by atoms with Crippen LogP contribution in [-0.4, -0.2) is 0 Å². The minimum absolute atomic E-state index is 0.0373. The van der Waals surface area contributed by atoms with Gasteiger partial charge in [-0.3, -0.25) is 0 Å². The summed E-state index contributed by atoms with van der Waals surface area (Å²) in [6, 6.07) is 54.9. The standard InChI is InChI=1S/C54H68/c1-39(41-25-15-11-16-26-41)36-52(5,6)48(43-29-19-13-20-30-43)37-53(7,8)50-46-34-24-23-33-45(46)35-47(50)54(9,10)49(44-31-21-14-22-32-44)38-51(3,4)40(2)42-27-17-12-18-28-42/h11-34,39-40,47-50H,35-38H2,1-10H3. The van der Waals surface area contributed by atoms with E-state index in [4.69, 9.17) is 0 Å². The van der Waals surface area contributed by atoms with Gasteiger partial charge in [-0.2, -0.15) is 0 Å². The maximum Gasteiger partial charge on any atom is -0.00708 e. The maximum atomic E-state index is 2.63. The summed E-state index contributed by atoms with van der Waals surface area (Å²) in [5, 5.41) is 0. The molecule has 0 heterocycles. The molecule has 1 aliphatic carbocycles. The summed E-state index contributed by atoms with van der Waals surface area (Å²) in [5.74, 6) is 2.71. The molecule has 1 aliphatic rings. The van der Waals surface area contributed by atoms with Crippen LogP contribution in [0.25, 0.3) is 0 Å². The van der Waals surface area contributed by atoms with Crippen LogP contribution in [0.15, 0.2) is 146 Å². The van der Waals surface area contributed by atoms with Gasteiger partial charge in [-0.05, 0) is 116 Å². The Morgan fingerprint density at radius 2 is 0.907 bits per heavy atom. The molecule has 6 unspecified atom stereocenters. The van der Waals surface area contributed by atoms with Gasteiger partial charge in [-0.15, -0.1) is 0 Å². The van der Waals surface area contributed by atoms with Gasteiger partial charge in [0.25, 0.3) is 0 Å². The van der Waals surface area contributed by atoms with Crippen molar-refractivity contribution in [3.63, 3.8) is 0 Å². The second kappa shape index (κ2) is 16.1. The van der Waals surface area contributed by atoms with Crippen LogP contribution < -0.4 is 0 Å². The maximum absolute atomic E-state index is 2.63. The Labute approximate surface area is 329 Å². The van der Waals surface area contributed by atoms with Crippen molar-refractivity contribution < 1.29 is 0 Å². The molecule has 0 saturated heterocycles. The molecule has 0 N–H and O–H groups in total. The second-order valence-electron chi connectivity index (χ2n) is 19.8. The van der Waals surface area contributed by atoms with E-state index in [1.807, 2.05) is 0 Å². The van der Waals surface area contributed by atoms with Gasteiger partial charge in [0.15, 0.2) is 0 Å². The lowest BCUT2D eigenvalue weighted by molar-refractivity contribution is 0.0532. The van der Waals surface area contributed by atoms with Gasteiger partial charge in [0.05, 0.1) is 0 Å². The summed E-state index contributed by atoms with van der Waals surface area (Å²) in [4.78, 5) is 0. The van der Waals surface area contributed by atoms with E-state index in [0.29, 0.717) is 35.5 Å². The van der Waals surface area contributed by atoms with Gasteiger partial charge in [-0.1, -0.05) is 215 Å². The summed E-state index contributed by atoms with van der Waals surface area (Å²) in [6.07, 6.45) is 4.56. The van der Waals surface area contributed by atoms with E-state index in [1.165, 1.54) is 22.3 Å². The highest BCUT2D eigenvalue weighted by Crippen LogP contribution is 2.63. The first-order valence-corrected chi connectivity index (χ1v) is 20.9. The van der Waals surface area contributed by atoms with E-state index < -0.39 is 0 Å². The molecule has 0 radical (unpaired) electrons. The third-order valence-corrected chi connectivity index (χ3v) is 14.4. The van der Waals surface area contributed by atoms with E-state index in [9.17, 15) is 0 Å². The third kappa shape index (κ3) is 8.49. The van der Waals surface area contributed by atoms with Crippen LogP contribution in [-0.2, 0) is 6.42 Å². The van der Waals surface area contributed by atoms with Crippen LogP contribution in [0.1, 0.15) is 151 Å². The summed E-state index contributed by atoms with van der Waals surface area (Å²) >= 11 is 0. The zero-order valence-electron chi connectivity index (χ0n) is 35.1. The number of fused-ring (bicyclic) bond motifs is 1. The minimum atomic E-state index is 0.0373. The van der Waals surface area contributed by atoms with Crippen molar-refractivity contribution in [1.82, 2.24) is 0 Å². The van der Waals surface area contributed by atoms with Crippen LogP contribution in [0.4, 0.5) is 0 Å². The van der Waals surface area contributed by atoms with E-state index in [2.05, 4.69) is 215 Å². The van der Waals surface area contributed by atoms with Gasteiger partial charge >= 0.3 is 0 Å². The molecule has 0 spiro atoms. The average Bonchev–Trinajstić information content (AvgIpc) is 3.59. The normalized spacial score (nSPS) is 18.8. The molecule has 6 rings (SSSR count). The molecule has 0 aliphatic heterocycles. The molecule has 0 nitrogen and oxygen atoms in total. The molecule has 0 heteroatoms. The fourth-order valence-electron chi connectivity index (χ4n) is 10.9. The number of hydrogen-bond acceptors (Lipinski definition) is 0. The lowest BCUT2D eigenvalue weighted by Crippen LogP contribution is -2.41. The molecule has 5 aromatic rings. The number of benzene rings is 5. The Morgan fingerprint density at radius 1 is 0.463 bits per heavy atom. The monoisotopic (exact) mass is 717 g/mol. The fraction of sp³-hybridized carbons (Fsp3) is 0.444. The first-order chi connectivity index (χ1) is 25.6. The Hall–Kier alpha value is -3.90. The van der Waals surface area contributed by atoms with Crippen LogP contribution >= 0.6 is 0 Å². The molecule has 0 fully saturated rings. The van der Waals surface area contributed by atoms with Gasteiger partial charge < -0.3 is 0 Å². The first-order valence-electron chi connectivity index (χ1n) is 20.9. The summed E-state index contributed by atoms with van der Waals surface area (Å²) < 4.78 is 0. The molecule has 0 saturated carbocycles. The van der Waals surface area contributed by atoms with Crippen molar-refractivity contribution in [3.8, 4) is 0 Å². The average molecular weight is 717 g/mol. The van der Waals surface area contributed by atoms with Gasteiger partial charge in [0.1, 0.15) is 0 Å². The highest BCUT2D eigenvalue weighted by atomic mass is 14.6. The van der Waals surface area contributed by atoms with Crippen molar-refractivity contribution in [3.05, 3.63) is 179 Å². The van der Waals surface area contributed by atoms with E-state index in [0.717, 1.165) is 25.7 Å². The van der Waals surface area contributed by atoms with Crippen molar-refractivity contribution in [1.29, 1.82) is 0 Å². The van der Waals surface area contributed by atoms with Gasteiger partial charge in [0, 0.05) is 0 Å². The lowest BCUT2D eigenvalue weighted by atomic mass is 9.53. The third-order valence-electron chi connectivity index (χ3n) is 14.4. The molecule has 284 valence electrons. The minimum Gasteiger partial charge on any atom is -0.0622 e. The molecular formula is C54H68. The van der Waals surface area contributed by atoms with E-state index in [1.54, 1.807) is 11.1 Å². The molecular weight excluding hydrogens is 649 g/mol. The zero-order chi connectivity index (χ0) is 38.7. The van der Waals surface area contributed by atoms with Crippen LogP contribution in [0, 0.1) is 27.6 Å². The summed E-state index contributed by atoms with van der Waals surface area (Å²) in [5.41, 5.74) is 9.30. The number of rotatable bonds is 15. The van der Waals surface area contributed by atoms with Crippen LogP contribution in [0.3, 0.4) is 0 Å². The van der Waals surface area contributed by atoms with Gasteiger partial charge in [0.2, 0.25) is 0 Å². The second-order valence-corrected chi connectivity index (χ2v) is 19.8. The predicted molar refractivity (Wildman–Crippen MR) is 233 cm³/mol. The highest BCUT2D eigenvalue weighted by molar-refractivity contribution is 5.40. The van der Waals surface area contributed by atoms with Crippen LogP contribution in [0.5, 0.6) is 0 Å². The highest BCUT2D eigenvalue weighted by Gasteiger charge is 2.53. The van der Waals surface area contributed by atoms with Crippen molar-refractivity contribution >= 4 is 0 Å². The quantitative estimate of drug-likeness (QED) is 0.101. The SMILES string of the molecule is CC(CC(C)(C)C(CC(C)(C)C1c2ccccc2CC1C(C)(C)C(CC(C)(C)C(C)c1ccccc1)c1ccccc1)c1ccccc1)c1ccccc1. The van der Waals surface area contributed by atoms with Gasteiger partial charge in [-0.25, -0.2) is 0 Å².